The fourth-order valence-electron chi connectivity index (χ4n) is 3.23. The number of amides is 1. The smallest absolute Gasteiger partial charge is 0.223 e. The Labute approximate surface area is 149 Å². The number of carbonyl (C=O) groups is 1. The second kappa shape index (κ2) is 8.06. The lowest BCUT2D eigenvalue weighted by Gasteiger charge is -2.36. The van der Waals surface area contributed by atoms with Gasteiger partial charge in [0.25, 0.3) is 0 Å². The molecule has 4 nitrogen and oxygen atoms in total. The van der Waals surface area contributed by atoms with Crippen molar-refractivity contribution in [3.8, 4) is 5.75 Å². The third-order valence-corrected chi connectivity index (χ3v) is 4.91. The van der Waals surface area contributed by atoms with E-state index in [0.29, 0.717) is 6.42 Å². The van der Waals surface area contributed by atoms with Crippen molar-refractivity contribution >= 4 is 11.6 Å². The number of nitrogens with zero attached hydrogens (tertiary/aromatic N) is 2. The van der Waals surface area contributed by atoms with Crippen LogP contribution in [-0.4, -0.2) is 42.1 Å². The molecular formula is C21H26N2O2. The fraction of sp³-hybridized carbons (Fsp3) is 0.381. The van der Waals surface area contributed by atoms with Crippen molar-refractivity contribution in [3.05, 3.63) is 59.7 Å². The van der Waals surface area contributed by atoms with Crippen molar-refractivity contribution in [3.63, 3.8) is 0 Å². The Kier molecular flexibility index (Phi) is 5.59. The van der Waals surface area contributed by atoms with Crippen molar-refractivity contribution in [2.75, 3.05) is 31.1 Å². The number of aryl methyl sites for hydroxylation is 2. The highest BCUT2D eigenvalue weighted by Gasteiger charge is 2.21. The molecule has 0 unspecified atom stereocenters. The van der Waals surface area contributed by atoms with Crippen molar-refractivity contribution in [1.82, 2.24) is 4.90 Å². The number of benzene rings is 2. The predicted octanol–water partition coefficient (Wildman–Crippen LogP) is 3.24. The van der Waals surface area contributed by atoms with Crippen LogP contribution in [-0.2, 0) is 17.6 Å². The first kappa shape index (κ1) is 17.3. The standard InChI is InChI=1S/C21H26N2O2/c1-2-17-3-5-18(6-4-17)7-12-21(25)23-15-13-22(14-16-23)19-8-10-20(24)11-9-19/h3-6,8-11,24H,2,7,12-16H2,1H3. The van der Waals surface area contributed by atoms with Gasteiger partial charge < -0.3 is 14.9 Å². The molecule has 1 heterocycles. The van der Waals surface area contributed by atoms with E-state index in [1.54, 1.807) is 12.1 Å². The van der Waals surface area contributed by atoms with Crippen molar-refractivity contribution in [2.45, 2.75) is 26.2 Å². The SMILES string of the molecule is CCc1ccc(CCC(=O)N2CCN(c3ccc(O)cc3)CC2)cc1. The van der Waals surface area contributed by atoms with Gasteiger partial charge in [-0.2, -0.15) is 0 Å². The number of anilines is 1. The molecule has 3 rings (SSSR count). The van der Waals surface area contributed by atoms with Gasteiger partial charge in [-0.1, -0.05) is 31.2 Å². The molecule has 4 heteroatoms. The molecule has 2 aromatic carbocycles. The van der Waals surface area contributed by atoms with Crippen LogP contribution in [0.4, 0.5) is 5.69 Å². The van der Waals surface area contributed by atoms with Crippen LogP contribution in [0, 0.1) is 0 Å². The van der Waals surface area contributed by atoms with Gasteiger partial charge in [-0.3, -0.25) is 4.79 Å². The van der Waals surface area contributed by atoms with Crippen molar-refractivity contribution in [2.24, 2.45) is 0 Å². The average molecular weight is 338 g/mol. The maximum absolute atomic E-state index is 12.5. The maximum atomic E-state index is 12.5. The predicted molar refractivity (Wildman–Crippen MR) is 101 cm³/mol. The van der Waals surface area contributed by atoms with E-state index in [2.05, 4.69) is 36.1 Å². The Bertz CT molecular complexity index is 687. The monoisotopic (exact) mass is 338 g/mol. The van der Waals surface area contributed by atoms with E-state index in [9.17, 15) is 9.90 Å². The molecule has 0 saturated carbocycles. The number of hydrogen-bond donors (Lipinski definition) is 1. The molecule has 0 aliphatic carbocycles. The molecule has 132 valence electrons. The summed E-state index contributed by atoms with van der Waals surface area (Å²) in [6.07, 6.45) is 2.43. The van der Waals surface area contributed by atoms with Crippen LogP contribution in [0.1, 0.15) is 24.5 Å². The lowest BCUT2D eigenvalue weighted by molar-refractivity contribution is -0.131. The zero-order chi connectivity index (χ0) is 17.6. The zero-order valence-electron chi connectivity index (χ0n) is 14.8. The molecule has 1 aliphatic heterocycles. The summed E-state index contributed by atoms with van der Waals surface area (Å²) in [7, 11) is 0. The third kappa shape index (κ3) is 4.53. The highest BCUT2D eigenvalue weighted by molar-refractivity contribution is 5.76. The zero-order valence-corrected chi connectivity index (χ0v) is 14.8. The molecule has 0 bridgehead atoms. The summed E-state index contributed by atoms with van der Waals surface area (Å²) in [5, 5.41) is 9.38. The molecule has 1 amide bonds. The molecule has 25 heavy (non-hydrogen) atoms. The first-order chi connectivity index (χ1) is 12.2. The van der Waals surface area contributed by atoms with E-state index < -0.39 is 0 Å². The molecule has 1 N–H and O–H groups in total. The molecule has 0 radical (unpaired) electrons. The highest BCUT2D eigenvalue weighted by Crippen LogP contribution is 2.20. The normalized spacial score (nSPS) is 14.6. The van der Waals surface area contributed by atoms with E-state index in [-0.39, 0.29) is 11.7 Å². The number of carbonyl (C=O) groups excluding carboxylic acids is 1. The maximum Gasteiger partial charge on any atom is 0.223 e. The molecule has 1 aliphatic rings. The van der Waals surface area contributed by atoms with Gasteiger partial charge in [0.05, 0.1) is 0 Å². The minimum absolute atomic E-state index is 0.241. The second-order valence-electron chi connectivity index (χ2n) is 6.55. The number of piperazine rings is 1. The summed E-state index contributed by atoms with van der Waals surface area (Å²) in [5.74, 6) is 0.523. The molecule has 1 saturated heterocycles. The lowest BCUT2D eigenvalue weighted by atomic mass is 10.1. The minimum atomic E-state index is 0.241. The molecule has 2 aromatic rings. The molecule has 1 fully saturated rings. The number of phenols is 1. The van der Waals surface area contributed by atoms with Gasteiger partial charge in [0, 0.05) is 38.3 Å². The van der Waals surface area contributed by atoms with Gasteiger partial charge in [0.2, 0.25) is 5.91 Å². The average Bonchev–Trinajstić information content (AvgIpc) is 2.67. The number of aromatic hydroxyl groups is 1. The van der Waals surface area contributed by atoms with E-state index >= 15 is 0 Å². The molecule has 0 spiro atoms. The van der Waals surface area contributed by atoms with Gasteiger partial charge in [0.15, 0.2) is 0 Å². The second-order valence-corrected chi connectivity index (χ2v) is 6.55. The van der Waals surface area contributed by atoms with Crippen molar-refractivity contribution < 1.29 is 9.90 Å². The largest absolute Gasteiger partial charge is 0.508 e. The number of hydrogen-bond acceptors (Lipinski definition) is 3. The minimum Gasteiger partial charge on any atom is -0.508 e. The quantitative estimate of drug-likeness (QED) is 0.910. The Balaban J connectivity index is 1.47. The summed E-state index contributed by atoms with van der Waals surface area (Å²) >= 11 is 0. The van der Waals surface area contributed by atoms with Crippen LogP contribution >= 0.6 is 0 Å². The van der Waals surface area contributed by atoms with Gasteiger partial charge in [0.1, 0.15) is 5.75 Å². The van der Waals surface area contributed by atoms with Crippen LogP contribution in [0.5, 0.6) is 5.75 Å². The Morgan fingerprint density at radius 2 is 1.52 bits per heavy atom. The Hall–Kier alpha value is -2.49. The first-order valence-electron chi connectivity index (χ1n) is 9.05. The van der Waals surface area contributed by atoms with Gasteiger partial charge in [-0.05, 0) is 48.2 Å². The van der Waals surface area contributed by atoms with Crippen LogP contribution in [0.15, 0.2) is 48.5 Å². The van der Waals surface area contributed by atoms with E-state index in [1.807, 2.05) is 17.0 Å². The lowest BCUT2D eigenvalue weighted by Crippen LogP contribution is -2.48. The van der Waals surface area contributed by atoms with Crippen LogP contribution in [0.25, 0.3) is 0 Å². The number of phenolic OH excluding ortho intramolecular Hbond substituents is 1. The summed E-state index contributed by atoms with van der Waals surface area (Å²) in [6, 6.07) is 15.8. The molecular weight excluding hydrogens is 312 g/mol. The fourth-order valence-corrected chi connectivity index (χ4v) is 3.23. The Morgan fingerprint density at radius 1 is 0.920 bits per heavy atom. The summed E-state index contributed by atoms with van der Waals surface area (Å²) in [6.45, 7) is 5.34. The van der Waals surface area contributed by atoms with Gasteiger partial charge >= 0.3 is 0 Å². The molecule has 0 aromatic heterocycles. The summed E-state index contributed by atoms with van der Waals surface area (Å²) in [5.41, 5.74) is 3.66. The highest BCUT2D eigenvalue weighted by atomic mass is 16.3. The summed E-state index contributed by atoms with van der Waals surface area (Å²) in [4.78, 5) is 16.7. The van der Waals surface area contributed by atoms with Crippen LogP contribution in [0.3, 0.4) is 0 Å². The first-order valence-corrected chi connectivity index (χ1v) is 9.05. The third-order valence-electron chi connectivity index (χ3n) is 4.91. The van der Waals surface area contributed by atoms with Crippen LogP contribution < -0.4 is 4.90 Å². The van der Waals surface area contributed by atoms with Gasteiger partial charge in [-0.25, -0.2) is 0 Å². The van der Waals surface area contributed by atoms with E-state index in [0.717, 1.165) is 44.7 Å². The van der Waals surface area contributed by atoms with E-state index in [4.69, 9.17) is 0 Å². The topological polar surface area (TPSA) is 43.8 Å². The molecule has 0 atom stereocenters. The number of rotatable bonds is 5. The Morgan fingerprint density at radius 3 is 2.12 bits per heavy atom. The van der Waals surface area contributed by atoms with Crippen LogP contribution in [0.2, 0.25) is 0 Å². The van der Waals surface area contributed by atoms with E-state index in [1.165, 1.54) is 11.1 Å². The van der Waals surface area contributed by atoms with Crippen molar-refractivity contribution in [1.29, 1.82) is 0 Å². The summed E-state index contributed by atoms with van der Waals surface area (Å²) < 4.78 is 0. The van der Waals surface area contributed by atoms with Gasteiger partial charge in [-0.15, -0.1) is 0 Å².